The maximum Gasteiger partial charge on any atom is 0.488 e. The van der Waals surface area contributed by atoms with Crippen molar-refractivity contribution >= 4 is 12.6 Å². The van der Waals surface area contributed by atoms with Crippen molar-refractivity contribution in [3.63, 3.8) is 0 Å². The molecule has 0 saturated heterocycles. The van der Waals surface area contributed by atoms with Crippen LogP contribution in [0.2, 0.25) is 0 Å². The molecule has 0 amide bonds. The van der Waals surface area contributed by atoms with Crippen molar-refractivity contribution in [3.05, 3.63) is 36.7 Å². The molecule has 3 nitrogen and oxygen atoms in total. The van der Waals surface area contributed by atoms with Crippen molar-refractivity contribution in [1.82, 2.24) is 0 Å². The van der Waals surface area contributed by atoms with E-state index in [4.69, 9.17) is 14.8 Å². The predicted octanol–water partition coefficient (Wildman–Crippen LogP) is 2.80. The molecule has 0 aliphatic carbocycles. The third kappa shape index (κ3) is 7.30. The van der Waals surface area contributed by atoms with Gasteiger partial charge in [-0.3, -0.25) is 0 Å². The highest BCUT2D eigenvalue weighted by Gasteiger charge is 2.13. The molecule has 0 bridgehead atoms. The molecular weight excluding hydrogens is 270 g/mol. The molecule has 0 heterocycles. The van der Waals surface area contributed by atoms with Gasteiger partial charge in [-0.25, -0.2) is 4.39 Å². The Morgan fingerprint density at radius 2 is 1.76 bits per heavy atom. The maximum atomic E-state index is 13.6. The molecular formula is C16H24BFO3. The smallest absolute Gasteiger partial charge is 0.488 e. The van der Waals surface area contributed by atoms with Crippen LogP contribution in [0.4, 0.5) is 4.39 Å². The summed E-state index contributed by atoms with van der Waals surface area (Å²) < 4.78 is 19.0. The number of unbranched alkanes of at least 4 members (excludes halogenated alkanes) is 6. The van der Waals surface area contributed by atoms with Crippen molar-refractivity contribution < 1.29 is 19.2 Å². The summed E-state index contributed by atoms with van der Waals surface area (Å²) in [7, 11) is -1.66. The van der Waals surface area contributed by atoms with Crippen LogP contribution in [0.5, 0.6) is 5.75 Å². The molecule has 21 heavy (non-hydrogen) atoms. The van der Waals surface area contributed by atoms with E-state index in [9.17, 15) is 4.39 Å². The lowest BCUT2D eigenvalue weighted by Crippen LogP contribution is -2.30. The fourth-order valence-electron chi connectivity index (χ4n) is 2.07. The molecule has 0 atom stereocenters. The van der Waals surface area contributed by atoms with Gasteiger partial charge in [0.1, 0.15) is 0 Å². The van der Waals surface area contributed by atoms with E-state index in [0.29, 0.717) is 6.61 Å². The van der Waals surface area contributed by atoms with E-state index in [2.05, 4.69) is 6.58 Å². The Bertz CT molecular complexity index is 424. The van der Waals surface area contributed by atoms with E-state index in [-0.39, 0.29) is 11.2 Å². The summed E-state index contributed by atoms with van der Waals surface area (Å²) in [6.45, 7) is 4.17. The summed E-state index contributed by atoms with van der Waals surface area (Å²) in [5.74, 6) is -0.407. The fourth-order valence-corrected chi connectivity index (χ4v) is 2.07. The van der Waals surface area contributed by atoms with Crippen LogP contribution >= 0.6 is 0 Å². The molecule has 0 unspecified atom stereocenters. The zero-order valence-corrected chi connectivity index (χ0v) is 12.4. The predicted molar refractivity (Wildman–Crippen MR) is 84.2 cm³/mol. The van der Waals surface area contributed by atoms with Gasteiger partial charge in [0.25, 0.3) is 0 Å². The first kappa shape index (κ1) is 17.7. The van der Waals surface area contributed by atoms with Crippen LogP contribution in [0.25, 0.3) is 0 Å². The highest BCUT2D eigenvalue weighted by molar-refractivity contribution is 6.58. The van der Waals surface area contributed by atoms with Gasteiger partial charge in [0.05, 0.1) is 6.61 Å². The molecule has 0 radical (unpaired) electrons. The standard InChI is InChI=1S/C16H24BFO3/c1-2-3-4-5-6-7-8-9-12-21-16-11-10-14(17(19)20)13-15(16)18/h2,10-11,13,19-20H,1,3-9,12H2. The van der Waals surface area contributed by atoms with Crippen LogP contribution in [0.15, 0.2) is 30.9 Å². The maximum absolute atomic E-state index is 13.6. The molecule has 0 spiro atoms. The SMILES string of the molecule is C=CCCCCCCCCOc1ccc(B(O)O)cc1F. The second-order valence-electron chi connectivity index (χ2n) is 5.11. The zero-order valence-electron chi connectivity index (χ0n) is 12.4. The van der Waals surface area contributed by atoms with E-state index in [1.165, 1.54) is 37.8 Å². The topological polar surface area (TPSA) is 49.7 Å². The van der Waals surface area contributed by atoms with Gasteiger partial charge in [0.15, 0.2) is 11.6 Å². The van der Waals surface area contributed by atoms with Gasteiger partial charge in [-0.05, 0) is 36.9 Å². The summed E-state index contributed by atoms with van der Waals surface area (Å²) in [5, 5.41) is 17.9. The third-order valence-electron chi connectivity index (χ3n) is 3.31. The van der Waals surface area contributed by atoms with Crippen LogP contribution in [0, 0.1) is 5.82 Å². The van der Waals surface area contributed by atoms with Crippen molar-refractivity contribution in [1.29, 1.82) is 0 Å². The minimum atomic E-state index is -1.66. The Balaban J connectivity index is 2.14. The molecule has 1 aromatic carbocycles. The van der Waals surface area contributed by atoms with E-state index >= 15 is 0 Å². The number of rotatable bonds is 11. The van der Waals surface area contributed by atoms with Crippen LogP contribution in [0.3, 0.4) is 0 Å². The number of benzene rings is 1. The molecule has 0 fully saturated rings. The van der Waals surface area contributed by atoms with Crippen LogP contribution < -0.4 is 10.2 Å². The molecule has 0 saturated carbocycles. The molecule has 0 aliphatic heterocycles. The summed E-state index contributed by atoms with van der Waals surface area (Å²) in [5.41, 5.74) is 0.124. The number of allylic oxidation sites excluding steroid dienone is 1. The Kier molecular flexibility index (Phi) is 8.79. The van der Waals surface area contributed by atoms with E-state index in [1.54, 1.807) is 0 Å². The van der Waals surface area contributed by atoms with Crippen molar-refractivity contribution in [3.8, 4) is 5.75 Å². The molecule has 1 aromatic rings. The van der Waals surface area contributed by atoms with E-state index < -0.39 is 12.9 Å². The first-order valence-electron chi connectivity index (χ1n) is 7.54. The van der Waals surface area contributed by atoms with Gasteiger partial charge in [-0.15, -0.1) is 6.58 Å². The van der Waals surface area contributed by atoms with Crippen LogP contribution in [0.1, 0.15) is 44.9 Å². The lowest BCUT2D eigenvalue weighted by Gasteiger charge is -2.08. The quantitative estimate of drug-likeness (QED) is 0.375. The third-order valence-corrected chi connectivity index (χ3v) is 3.31. The summed E-state index contributed by atoms with van der Waals surface area (Å²) in [6.07, 6.45) is 9.81. The molecule has 116 valence electrons. The normalized spacial score (nSPS) is 10.4. The van der Waals surface area contributed by atoms with Crippen LogP contribution in [-0.4, -0.2) is 23.8 Å². The molecule has 0 aromatic heterocycles. The number of hydrogen-bond donors (Lipinski definition) is 2. The number of halogens is 1. The summed E-state index contributed by atoms with van der Waals surface area (Å²) >= 11 is 0. The Labute approximate surface area is 126 Å². The molecule has 5 heteroatoms. The molecule has 0 aliphatic rings. The van der Waals surface area contributed by atoms with Crippen molar-refractivity contribution in [2.75, 3.05) is 6.61 Å². The first-order chi connectivity index (χ1) is 10.1. The minimum absolute atomic E-state index is 0.124. The van der Waals surface area contributed by atoms with Crippen molar-refractivity contribution in [2.24, 2.45) is 0 Å². The summed E-state index contributed by atoms with van der Waals surface area (Å²) in [4.78, 5) is 0. The Hall–Kier alpha value is -1.33. The lowest BCUT2D eigenvalue weighted by molar-refractivity contribution is 0.290. The van der Waals surface area contributed by atoms with Gasteiger partial charge in [-0.1, -0.05) is 37.8 Å². The van der Waals surface area contributed by atoms with Crippen LogP contribution in [-0.2, 0) is 0 Å². The first-order valence-corrected chi connectivity index (χ1v) is 7.54. The van der Waals surface area contributed by atoms with Crippen molar-refractivity contribution in [2.45, 2.75) is 44.9 Å². The average Bonchev–Trinajstić information content (AvgIpc) is 2.46. The molecule has 2 N–H and O–H groups in total. The fraction of sp³-hybridized carbons (Fsp3) is 0.500. The van der Waals surface area contributed by atoms with E-state index in [0.717, 1.165) is 25.3 Å². The largest absolute Gasteiger partial charge is 0.491 e. The van der Waals surface area contributed by atoms with E-state index in [1.807, 2.05) is 6.08 Å². The zero-order chi connectivity index (χ0) is 15.5. The average molecular weight is 294 g/mol. The highest BCUT2D eigenvalue weighted by Crippen LogP contribution is 2.15. The van der Waals surface area contributed by atoms with Gasteiger partial charge in [0, 0.05) is 0 Å². The summed E-state index contributed by atoms with van der Waals surface area (Å²) in [6, 6.07) is 3.96. The molecule has 1 rings (SSSR count). The second-order valence-corrected chi connectivity index (χ2v) is 5.11. The number of ether oxygens (including phenoxy) is 1. The van der Waals surface area contributed by atoms with Gasteiger partial charge >= 0.3 is 7.12 Å². The van der Waals surface area contributed by atoms with Gasteiger partial charge in [0.2, 0.25) is 0 Å². The Morgan fingerprint density at radius 1 is 1.10 bits per heavy atom. The number of hydrogen-bond acceptors (Lipinski definition) is 3. The monoisotopic (exact) mass is 294 g/mol. The highest BCUT2D eigenvalue weighted by atomic mass is 19.1. The Morgan fingerprint density at radius 3 is 2.38 bits per heavy atom. The lowest BCUT2D eigenvalue weighted by atomic mass is 9.80. The van der Waals surface area contributed by atoms with Gasteiger partial charge in [-0.2, -0.15) is 0 Å². The van der Waals surface area contributed by atoms with Gasteiger partial charge < -0.3 is 14.8 Å². The second kappa shape index (κ2) is 10.4. The minimum Gasteiger partial charge on any atom is -0.491 e.